The quantitative estimate of drug-likeness (QED) is 0.448. The number of halogens is 1. The zero-order valence-electron chi connectivity index (χ0n) is 22.4. The third-order valence-electron chi connectivity index (χ3n) is 8.22. The summed E-state index contributed by atoms with van der Waals surface area (Å²) in [6.45, 7) is 2.68. The highest BCUT2D eigenvalue weighted by Gasteiger charge is 2.40. The van der Waals surface area contributed by atoms with Crippen LogP contribution in [-0.2, 0) is 22.7 Å². The van der Waals surface area contributed by atoms with E-state index in [1.807, 2.05) is 24.3 Å². The standard InChI is InChI=1S/C32H29FN4O4/c33-28-16-27-23(19-37(32(27)40)29-9-10-30(38)35-31(29)39)15-26(28)22-11-13-36(14-12-22)18-21-3-7-25(8-4-21)41-24-5-1-20(17-34)2-6-24/h1-8,15-16,22,29H,9-14,18-19H2,(H,35,38,39). The minimum atomic E-state index is -0.709. The number of nitriles is 1. The molecule has 3 aliphatic heterocycles. The number of carbonyl (C=O) groups is 3. The fourth-order valence-electron chi connectivity index (χ4n) is 5.98. The number of carbonyl (C=O) groups excluding carboxylic acids is 3. The van der Waals surface area contributed by atoms with Gasteiger partial charge in [0.15, 0.2) is 0 Å². The molecule has 2 saturated heterocycles. The highest BCUT2D eigenvalue weighted by Crippen LogP contribution is 2.36. The van der Waals surface area contributed by atoms with Crippen molar-refractivity contribution in [3.63, 3.8) is 0 Å². The molecule has 3 amide bonds. The first-order valence-corrected chi connectivity index (χ1v) is 13.8. The van der Waals surface area contributed by atoms with Crippen molar-refractivity contribution >= 4 is 17.7 Å². The summed E-state index contributed by atoms with van der Waals surface area (Å²) in [6, 6.07) is 19.4. The second kappa shape index (κ2) is 11.1. The summed E-state index contributed by atoms with van der Waals surface area (Å²) in [4.78, 5) is 40.6. The van der Waals surface area contributed by atoms with Crippen LogP contribution in [0.25, 0.3) is 0 Å². The minimum absolute atomic E-state index is 0.0551. The number of nitrogens with zero attached hydrogens (tertiary/aromatic N) is 3. The Labute approximate surface area is 237 Å². The zero-order chi connectivity index (χ0) is 28.5. The highest BCUT2D eigenvalue weighted by molar-refractivity contribution is 6.05. The Hall–Kier alpha value is -4.55. The fraction of sp³-hybridized carbons (Fsp3) is 0.312. The van der Waals surface area contributed by atoms with Crippen LogP contribution in [0.1, 0.15) is 64.2 Å². The molecular formula is C32H29FN4O4. The fourth-order valence-corrected chi connectivity index (χ4v) is 5.98. The molecule has 1 N–H and O–H groups in total. The van der Waals surface area contributed by atoms with Crippen molar-refractivity contribution in [1.29, 1.82) is 5.26 Å². The maximum Gasteiger partial charge on any atom is 0.255 e. The maximum absolute atomic E-state index is 15.2. The van der Waals surface area contributed by atoms with Crippen molar-refractivity contribution in [3.8, 4) is 17.6 Å². The van der Waals surface area contributed by atoms with Gasteiger partial charge < -0.3 is 9.64 Å². The first-order chi connectivity index (χ1) is 19.9. The third-order valence-corrected chi connectivity index (χ3v) is 8.22. The monoisotopic (exact) mass is 552 g/mol. The van der Waals surface area contributed by atoms with E-state index in [4.69, 9.17) is 10.00 Å². The summed E-state index contributed by atoms with van der Waals surface area (Å²) < 4.78 is 21.1. The van der Waals surface area contributed by atoms with Gasteiger partial charge in [0, 0.05) is 25.1 Å². The van der Waals surface area contributed by atoms with Crippen molar-refractivity contribution in [2.24, 2.45) is 0 Å². The number of hydrogen-bond acceptors (Lipinski definition) is 6. The number of ether oxygens (including phenoxy) is 1. The van der Waals surface area contributed by atoms with E-state index in [1.54, 1.807) is 30.3 Å². The SMILES string of the molecule is N#Cc1ccc(Oc2ccc(CN3CCC(c4cc5c(cc4F)C(=O)N(C4CCC(=O)NC4=O)C5)CC3)cc2)cc1. The van der Waals surface area contributed by atoms with Gasteiger partial charge in [-0.2, -0.15) is 5.26 Å². The number of hydrogen-bond donors (Lipinski definition) is 1. The minimum Gasteiger partial charge on any atom is -0.457 e. The summed E-state index contributed by atoms with van der Waals surface area (Å²) in [5.74, 6) is -0.0876. The molecule has 0 aromatic heterocycles. The molecule has 2 fully saturated rings. The van der Waals surface area contributed by atoms with Gasteiger partial charge >= 0.3 is 0 Å². The van der Waals surface area contributed by atoms with Crippen molar-refractivity contribution in [2.75, 3.05) is 13.1 Å². The van der Waals surface area contributed by atoms with Crippen LogP contribution in [0.3, 0.4) is 0 Å². The number of likely N-dealkylation sites (tertiary alicyclic amines) is 1. The molecule has 9 heteroatoms. The van der Waals surface area contributed by atoms with Gasteiger partial charge in [-0.3, -0.25) is 24.6 Å². The Bertz CT molecular complexity index is 1540. The number of rotatable bonds is 6. The van der Waals surface area contributed by atoms with Crippen molar-refractivity contribution in [1.82, 2.24) is 15.1 Å². The predicted molar refractivity (Wildman–Crippen MR) is 147 cm³/mol. The molecule has 0 spiro atoms. The molecule has 0 radical (unpaired) electrons. The topological polar surface area (TPSA) is 103 Å². The van der Waals surface area contributed by atoms with Crippen LogP contribution in [0.4, 0.5) is 4.39 Å². The van der Waals surface area contributed by atoms with Gasteiger partial charge in [-0.15, -0.1) is 0 Å². The Kier molecular flexibility index (Phi) is 7.25. The first-order valence-electron chi connectivity index (χ1n) is 13.8. The normalized spacial score (nSPS) is 19.6. The van der Waals surface area contributed by atoms with Crippen molar-refractivity contribution in [3.05, 3.63) is 94.3 Å². The largest absolute Gasteiger partial charge is 0.457 e. The summed E-state index contributed by atoms with van der Waals surface area (Å²) in [7, 11) is 0. The van der Waals surface area contributed by atoms with Crippen LogP contribution in [0, 0.1) is 17.1 Å². The maximum atomic E-state index is 15.2. The average Bonchev–Trinajstić information content (AvgIpc) is 3.29. The van der Waals surface area contributed by atoms with Crippen LogP contribution in [-0.4, -0.2) is 46.7 Å². The van der Waals surface area contributed by atoms with E-state index >= 15 is 4.39 Å². The van der Waals surface area contributed by atoms with E-state index in [1.165, 1.54) is 11.0 Å². The molecule has 0 saturated carbocycles. The molecule has 3 aromatic carbocycles. The van der Waals surface area contributed by atoms with Gasteiger partial charge in [-0.1, -0.05) is 18.2 Å². The van der Waals surface area contributed by atoms with Crippen molar-refractivity contribution in [2.45, 2.75) is 50.7 Å². The molecule has 6 rings (SSSR count). The van der Waals surface area contributed by atoms with Crippen LogP contribution in [0.2, 0.25) is 0 Å². The van der Waals surface area contributed by atoms with E-state index < -0.39 is 11.9 Å². The van der Waals surface area contributed by atoms with Gasteiger partial charge in [0.2, 0.25) is 11.8 Å². The molecular weight excluding hydrogens is 523 g/mol. The van der Waals surface area contributed by atoms with E-state index in [-0.39, 0.29) is 42.9 Å². The molecule has 41 heavy (non-hydrogen) atoms. The van der Waals surface area contributed by atoms with Gasteiger partial charge in [-0.25, -0.2) is 4.39 Å². The molecule has 3 heterocycles. The number of nitrogens with one attached hydrogen (secondary N) is 1. The summed E-state index contributed by atoms with van der Waals surface area (Å²) in [6.07, 6.45) is 2.08. The lowest BCUT2D eigenvalue weighted by atomic mass is 9.87. The predicted octanol–water partition coefficient (Wildman–Crippen LogP) is 4.63. The van der Waals surface area contributed by atoms with Crippen LogP contribution in [0.5, 0.6) is 11.5 Å². The van der Waals surface area contributed by atoms with Crippen LogP contribution < -0.4 is 10.1 Å². The number of piperidine rings is 2. The summed E-state index contributed by atoms with van der Waals surface area (Å²) in [5.41, 5.74) is 3.42. The first kappa shape index (κ1) is 26.7. The van der Waals surface area contributed by atoms with Crippen LogP contribution >= 0.6 is 0 Å². The second-order valence-corrected chi connectivity index (χ2v) is 10.9. The Morgan fingerprint density at radius 1 is 0.951 bits per heavy atom. The molecule has 208 valence electrons. The summed E-state index contributed by atoms with van der Waals surface area (Å²) >= 11 is 0. The highest BCUT2D eigenvalue weighted by atomic mass is 19.1. The molecule has 8 nitrogen and oxygen atoms in total. The Morgan fingerprint density at radius 2 is 1.63 bits per heavy atom. The average molecular weight is 553 g/mol. The number of benzene rings is 3. The lowest BCUT2D eigenvalue weighted by molar-refractivity contribution is -0.136. The molecule has 3 aliphatic rings. The van der Waals surface area contributed by atoms with Crippen LogP contribution in [0.15, 0.2) is 60.7 Å². The Morgan fingerprint density at radius 3 is 2.29 bits per heavy atom. The van der Waals surface area contributed by atoms with Gasteiger partial charge in [0.1, 0.15) is 23.4 Å². The second-order valence-electron chi connectivity index (χ2n) is 10.9. The van der Waals surface area contributed by atoms with E-state index in [9.17, 15) is 14.4 Å². The smallest absolute Gasteiger partial charge is 0.255 e. The van der Waals surface area contributed by atoms with Gasteiger partial charge in [0.05, 0.1) is 11.6 Å². The number of amides is 3. The number of imide groups is 1. The van der Waals surface area contributed by atoms with E-state index in [0.29, 0.717) is 22.4 Å². The van der Waals surface area contributed by atoms with Gasteiger partial charge in [-0.05, 0) is 97.4 Å². The lowest BCUT2D eigenvalue weighted by Gasteiger charge is -2.32. The molecule has 0 aliphatic carbocycles. The zero-order valence-corrected chi connectivity index (χ0v) is 22.4. The Balaban J connectivity index is 1.05. The van der Waals surface area contributed by atoms with Gasteiger partial charge in [0.25, 0.3) is 5.91 Å². The molecule has 1 atom stereocenters. The molecule has 3 aromatic rings. The molecule has 0 bridgehead atoms. The summed E-state index contributed by atoms with van der Waals surface area (Å²) in [5, 5.41) is 11.2. The number of fused-ring (bicyclic) bond motifs is 1. The molecule has 1 unspecified atom stereocenters. The van der Waals surface area contributed by atoms with Crippen molar-refractivity contribution < 1.29 is 23.5 Å². The third kappa shape index (κ3) is 5.56. The van der Waals surface area contributed by atoms with E-state index in [0.717, 1.165) is 49.4 Å². The lowest BCUT2D eigenvalue weighted by Crippen LogP contribution is -2.52. The van der Waals surface area contributed by atoms with E-state index in [2.05, 4.69) is 16.3 Å².